The summed E-state index contributed by atoms with van der Waals surface area (Å²) < 4.78 is 26.0. The Morgan fingerprint density at radius 3 is 2.53 bits per heavy atom. The third-order valence-corrected chi connectivity index (χ3v) is 4.50. The average molecular weight is 244 g/mol. The summed E-state index contributed by atoms with van der Waals surface area (Å²) in [6, 6.07) is 4.86. The molecule has 1 aromatic heterocycles. The second-order valence-corrected chi connectivity index (χ2v) is 5.84. The zero-order valence-corrected chi connectivity index (χ0v) is 9.77. The number of nitrogens with zero attached hydrogens (tertiary/aromatic N) is 1. The van der Waals surface area contributed by atoms with Gasteiger partial charge in [-0.1, -0.05) is 18.3 Å². The number of hydrogen-bond donors (Lipinski definition) is 1. The first-order chi connectivity index (χ1) is 7.10. The van der Waals surface area contributed by atoms with Gasteiger partial charge in [0.25, 0.3) is 10.0 Å². The molecule has 0 aliphatic carbocycles. The second kappa shape index (κ2) is 4.03. The van der Waals surface area contributed by atoms with Crippen LogP contribution in [0.1, 0.15) is 12.8 Å². The first kappa shape index (κ1) is 10.8. The second-order valence-electron chi connectivity index (χ2n) is 3.49. The van der Waals surface area contributed by atoms with Gasteiger partial charge in [0, 0.05) is 13.1 Å². The smallest absolute Gasteiger partial charge is 0.258 e. The molecule has 1 N–H and O–H groups in total. The maximum atomic E-state index is 12.0. The van der Waals surface area contributed by atoms with E-state index in [0.29, 0.717) is 17.7 Å². The zero-order chi connectivity index (χ0) is 10.9. The molecule has 1 aliphatic heterocycles. The minimum absolute atomic E-state index is 0.192. The minimum atomic E-state index is -3.35. The fraction of sp³-hybridized carbons (Fsp3) is 0.444. The first-order valence-corrected chi connectivity index (χ1v) is 6.65. The molecule has 15 heavy (non-hydrogen) atoms. The van der Waals surface area contributed by atoms with Gasteiger partial charge in [-0.2, -0.15) is 4.31 Å². The van der Waals surface area contributed by atoms with E-state index in [2.05, 4.69) is 4.98 Å². The van der Waals surface area contributed by atoms with E-state index in [1.54, 1.807) is 18.2 Å². The van der Waals surface area contributed by atoms with Crippen molar-refractivity contribution >= 4 is 22.2 Å². The van der Waals surface area contributed by atoms with Gasteiger partial charge in [-0.05, 0) is 25.0 Å². The number of sulfonamides is 1. The van der Waals surface area contributed by atoms with Crippen molar-refractivity contribution < 1.29 is 8.42 Å². The number of aromatic nitrogens is 1. The molecule has 1 saturated heterocycles. The molecule has 0 bridgehead atoms. The van der Waals surface area contributed by atoms with Crippen LogP contribution in [0.25, 0.3) is 0 Å². The standard InChI is InChI=1S/C9H12N2O2S2/c12-15(13,11-6-1-2-7-11)9-5-3-4-8(14)10-9/h3-5H,1-2,6-7H2,(H,10,14). The van der Waals surface area contributed by atoms with Crippen molar-refractivity contribution in [1.29, 1.82) is 0 Å². The van der Waals surface area contributed by atoms with E-state index in [9.17, 15) is 8.42 Å². The number of hydrogen-bond acceptors (Lipinski definition) is 3. The molecule has 0 spiro atoms. The first-order valence-electron chi connectivity index (χ1n) is 4.80. The summed E-state index contributed by atoms with van der Waals surface area (Å²) in [5.41, 5.74) is 0. The molecule has 1 aromatic rings. The predicted octanol–water partition coefficient (Wildman–Crippen LogP) is 1.53. The van der Waals surface area contributed by atoms with Crippen LogP contribution in [0.15, 0.2) is 23.2 Å². The fourth-order valence-corrected chi connectivity index (χ4v) is 3.41. The normalized spacial score (nSPS) is 18.1. The molecule has 82 valence electrons. The van der Waals surface area contributed by atoms with Crippen LogP contribution in [0.5, 0.6) is 0 Å². The molecule has 0 radical (unpaired) electrons. The van der Waals surface area contributed by atoms with Gasteiger partial charge in [-0.15, -0.1) is 0 Å². The van der Waals surface area contributed by atoms with E-state index in [0.717, 1.165) is 12.8 Å². The van der Waals surface area contributed by atoms with Gasteiger partial charge in [0.2, 0.25) is 0 Å². The lowest BCUT2D eigenvalue weighted by Gasteiger charge is -2.14. The molecule has 2 heterocycles. The lowest BCUT2D eigenvalue weighted by molar-refractivity contribution is 0.474. The third kappa shape index (κ3) is 2.11. The van der Waals surface area contributed by atoms with Crippen molar-refractivity contribution in [1.82, 2.24) is 9.29 Å². The van der Waals surface area contributed by atoms with E-state index in [-0.39, 0.29) is 5.03 Å². The van der Waals surface area contributed by atoms with E-state index >= 15 is 0 Å². The molecular weight excluding hydrogens is 232 g/mol. The van der Waals surface area contributed by atoms with Crippen molar-refractivity contribution in [2.24, 2.45) is 0 Å². The monoisotopic (exact) mass is 244 g/mol. The topological polar surface area (TPSA) is 53.2 Å². The summed E-state index contributed by atoms with van der Waals surface area (Å²) in [5, 5.41) is 0.192. The average Bonchev–Trinajstić information content (AvgIpc) is 2.71. The number of nitrogens with one attached hydrogen (secondary N) is 1. The fourth-order valence-electron chi connectivity index (χ4n) is 1.65. The zero-order valence-electron chi connectivity index (χ0n) is 8.14. The van der Waals surface area contributed by atoms with E-state index < -0.39 is 10.0 Å². The van der Waals surface area contributed by atoms with Gasteiger partial charge in [-0.25, -0.2) is 8.42 Å². The highest BCUT2D eigenvalue weighted by molar-refractivity contribution is 7.89. The summed E-state index contributed by atoms with van der Waals surface area (Å²) in [7, 11) is -3.35. The number of H-pyrrole nitrogens is 1. The number of rotatable bonds is 2. The van der Waals surface area contributed by atoms with E-state index in [1.165, 1.54) is 4.31 Å². The highest BCUT2D eigenvalue weighted by atomic mass is 32.2. The molecule has 0 unspecified atom stereocenters. The molecule has 1 aliphatic rings. The van der Waals surface area contributed by atoms with Gasteiger partial charge in [0.1, 0.15) is 9.67 Å². The Morgan fingerprint density at radius 1 is 1.27 bits per heavy atom. The summed E-state index contributed by atoms with van der Waals surface area (Å²) >= 11 is 4.90. The predicted molar refractivity (Wildman–Crippen MR) is 59.6 cm³/mol. The van der Waals surface area contributed by atoms with E-state index in [1.807, 2.05) is 0 Å². The van der Waals surface area contributed by atoms with Crippen LogP contribution in [0.2, 0.25) is 0 Å². The summed E-state index contributed by atoms with van der Waals surface area (Å²) in [5.74, 6) is 0. The van der Waals surface area contributed by atoms with Crippen LogP contribution in [0, 0.1) is 4.64 Å². The maximum Gasteiger partial charge on any atom is 0.258 e. The Labute approximate surface area is 94.0 Å². The Bertz CT molecular complexity index is 501. The van der Waals surface area contributed by atoms with Gasteiger partial charge in [0.05, 0.1) is 0 Å². The minimum Gasteiger partial charge on any atom is -0.336 e. The Balaban J connectivity index is 2.41. The molecule has 0 saturated carbocycles. The lowest BCUT2D eigenvalue weighted by atomic mass is 10.4. The third-order valence-electron chi connectivity index (χ3n) is 2.42. The molecule has 0 amide bonds. The SMILES string of the molecule is O=S(=O)(c1cccc(=S)[nH]1)N1CCCC1. The van der Waals surface area contributed by atoms with Crippen molar-refractivity contribution in [3.63, 3.8) is 0 Å². The highest BCUT2D eigenvalue weighted by Crippen LogP contribution is 2.18. The Morgan fingerprint density at radius 2 is 1.93 bits per heavy atom. The number of aromatic amines is 1. The molecular formula is C9H12N2O2S2. The molecule has 0 atom stereocenters. The van der Waals surface area contributed by atoms with Crippen molar-refractivity contribution in [2.45, 2.75) is 17.9 Å². The Hall–Kier alpha value is -0.720. The van der Waals surface area contributed by atoms with Crippen LogP contribution in [0.4, 0.5) is 0 Å². The Kier molecular flexibility index (Phi) is 2.90. The summed E-state index contributed by atoms with van der Waals surface area (Å²) in [6.45, 7) is 1.22. The summed E-state index contributed by atoms with van der Waals surface area (Å²) in [6.07, 6.45) is 1.87. The molecule has 0 aromatic carbocycles. The van der Waals surface area contributed by atoms with Crippen LogP contribution >= 0.6 is 12.2 Å². The largest absolute Gasteiger partial charge is 0.336 e. The van der Waals surface area contributed by atoms with Gasteiger partial charge in [-0.3, -0.25) is 0 Å². The number of pyridine rings is 1. The van der Waals surface area contributed by atoms with Crippen molar-refractivity contribution in [3.05, 3.63) is 22.8 Å². The highest BCUT2D eigenvalue weighted by Gasteiger charge is 2.27. The molecule has 1 fully saturated rings. The van der Waals surface area contributed by atoms with Crippen molar-refractivity contribution in [3.8, 4) is 0 Å². The van der Waals surface area contributed by atoms with Crippen LogP contribution in [0.3, 0.4) is 0 Å². The van der Waals surface area contributed by atoms with E-state index in [4.69, 9.17) is 12.2 Å². The van der Waals surface area contributed by atoms with Gasteiger partial charge < -0.3 is 4.98 Å². The lowest BCUT2D eigenvalue weighted by Crippen LogP contribution is -2.28. The van der Waals surface area contributed by atoms with Gasteiger partial charge >= 0.3 is 0 Å². The quantitative estimate of drug-likeness (QED) is 0.803. The molecule has 4 nitrogen and oxygen atoms in total. The molecule has 2 rings (SSSR count). The van der Waals surface area contributed by atoms with Crippen LogP contribution in [-0.2, 0) is 10.0 Å². The van der Waals surface area contributed by atoms with Crippen molar-refractivity contribution in [2.75, 3.05) is 13.1 Å². The van der Waals surface area contributed by atoms with Crippen LogP contribution < -0.4 is 0 Å². The van der Waals surface area contributed by atoms with Gasteiger partial charge in [0.15, 0.2) is 0 Å². The maximum absolute atomic E-state index is 12.0. The van der Waals surface area contributed by atoms with Crippen LogP contribution in [-0.4, -0.2) is 30.8 Å². The summed E-state index contributed by atoms with van der Waals surface area (Å²) in [4.78, 5) is 2.71. The molecule has 6 heteroatoms.